The van der Waals surface area contributed by atoms with Gasteiger partial charge in [-0.1, -0.05) is 30.2 Å². The normalized spacial score (nSPS) is 17.2. The highest BCUT2D eigenvalue weighted by atomic mass is 35.5. The number of carbonyl (C=O) groups is 1. The van der Waals surface area contributed by atoms with Crippen LogP contribution in [0.1, 0.15) is 42.4 Å². The van der Waals surface area contributed by atoms with Gasteiger partial charge in [-0.3, -0.25) is 4.79 Å². The van der Waals surface area contributed by atoms with Crippen molar-refractivity contribution in [3.05, 3.63) is 40.7 Å². The Kier molecular flexibility index (Phi) is 5.48. The highest BCUT2D eigenvalue weighted by molar-refractivity contribution is 6.30. The molecule has 0 bridgehead atoms. The Bertz CT molecular complexity index is 693. The number of nitrogens with zero attached hydrogens (tertiary/aromatic N) is 3. The summed E-state index contributed by atoms with van der Waals surface area (Å²) in [5.74, 6) is -0.200. The molecule has 1 aliphatic rings. The van der Waals surface area contributed by atoms with Crippen LogP contribution < -0.4 is 5.32 Å². The number of carbonyl (C=O) groups excluding carboxylic acids is 1. The molecule has 7 heteroatoms. The summed E-state index contributed by atoms with van der Waals surface area (Å²) < 4.78 is 7.24. The molecule has 1 atom stereocenters. The fourth-order valence-electron chi connectivity index (χ4n) is 2.82. The average Bonchev–Trinajstić information content (AvgIpc) is 3.24. The van der Waals surface area contributed by atoms with Gasteiger partial charge in [0.2, 0.25) is 0 Å². The molecule has 0 radical (unpaired) electrons. The van der Waals surface area contributed by atoms with Gasteiger partial charge in [0.1, 0.15) is 0 Å². The quantitative estimate of drug-likeness (QED) is 0.871. The van der Waals surface area contributed by atoms with Gasteiger partial charge in [0.05, 0.1) is 17.5 Å². The maximum absolute atomic E-state index is 12.5. The molecule has 1 amide bonds. The van der Waals surface area contributed by atoms with E-state index < -0.39 is 0 Å². The molecule has 2 aromatic rings. The Morgan fingerprint density at radius 2 is 2.21 bits per heavy atom. The predicted molar refractivity (Wildman–Crippen MR) is 91.7 cm³/mol. The van der Waals surface area contributed by atoms with Crippen LogP contribution in [0.5, 0.6) is 0 Å². The molecule has 1 aliphatic heterocycles. The van der Waals surface area contributed by atoms with Crippen LogP contribution in [0.4, 0.5) is 0 Å². The zero-order chi connectivity index (χ0) is 16.9. The van der Waals surface area contributed by atoms with E-state index in [1.807, 2.05) is 12.1 Å². The number of hydrogen-bond donors (Lipinski definition) is 1. The Labute approximate surface area is 146 Å². The van der Waals surface area contributed by atoms with Gasteiger partial charge in [0, 0.05) is 18.2 Å². The Morgan fingerprint density at radius 3 is 2.88 bits per heavy atom. The molecule has 0 saturated carbocycles. The summed E-state index contributed by atoms with van der Waals surface area (Å²) in [5, 5.41) is 11.8. The maximum Gasteiger partial charge on any atom is 0.273 e. The minimum atomic E-state index is -0.200. The third kappa shape index (κ3) is 3.76. The Morgan fingerprint density at radius 1 is 1.42 bits per heavy atom. The third-order valence-electron chi connectivity index (χ3n) is 4.05. The van der Waals surface area contributed by atoms with Crippen molar-refractivity contribution in [3.8, 4) is 5.69 Å². The summed E-state index contributed by atoms with van der Waals surface area (Å²) in [6.07, 6.45) is 3.76. The molecule has 1 N–H and O–H groups in total. The molecule has 1 aromatic heterocycles. The first-order valence-electron chi connectivity index (χ1n) is 8.29. The number of benzene rings is 1. The molecule has 128 valence electrons. The minimum absolute atomic E-state index is 0.106. The molecule has 0 aliphatic carbocycles. The predicted octanol–water partition coefficient (Wildman–Crippen LogP) is 2.78. The molecular formula is C17H21ClN4O2. The van der Waals surface area contributed by atoms with E-state index in [1.165, 1.54) is 0 Å². The summed E-state index contributed by atoms with van der Waals surface area (Å²) in [7, 11) is 0. The molecular weight excluding hydrogens is 328 g/mol. The van der Waals surface area contributed by atoms with Gasteiger partial charge in [-0.05, 0) is 43.5 Å². The van der Waals surface area contributed by atoms with Crippen LogP contribution in [0.25, 0.3) is 5.69 Å². The van der Waals surface area contributed by atoms with Crippen molar-refractivity contribution in [1.82, 2.24) is 20.3 Å². The van der Waals surface area contributed by atoms with Crippen molar-refractivity contribution >= 4 is 17.5 Å². The fraction of sp³-hybridized carbons (Fsp3) is 0.471. The number of nitrogens with one attached hydrogen (secondary N) is 1. The largest absolute Gasteiger partial charge is 0.376 e. The summed E-state index contributed by atoms with van der Waals surface area (Å²) in [5.41, 5.74) is 2.03. The van der Waals surface area contributed by atoms with Crippen LogP contribution in [0.15, 0.2) is 24.3 Å². The van der Waals surface area contributed by atoms with E-state index in [9.17, 15) is 4.79 Å². The van der Waals surface area contributed by atoms with E-state index in [0.717, 1.165) is 43.7 Å². The van der Waals surface area contributed by atoms with E-state index in [-0.39, 0.29) is 12.0 Å². The molecule has 2 heterocycles. The van der Waals surface area contributed by atoms with Gasteiger partial charge in [-0.15, -0.1) is 5.10 Å². The zero-order valence-electron chi connectivity index (χ0n) is 13.7. The van der Waals surface area contributed by atoms with Gasteiger partial charge in [-0.25, -0.2) is 4.68 Å². The van der Waals surface area contributed by atoms with Crippen LogP contribution in [0.2, 0.25) is 5.02 Å². The lowest BCUT2D eigenvalue weighted by Gasteiger charge is -2.11. The highest BCUT2D eigenvalue weighted by Gasteiger charge is 2.22. The van der Waals surface area contributed by atoms with Crippen LogP contribution in [0, 0.1) is 0 Å². The highest BCUT2D eigenvalue weighted by Crippen LogP contribution is 2.18. The number of aromatic nitrogens is 3. The van der Waals surface area contributed by atoms with Crippen LogP contribution in [-0.4, -0.2) is 40.2 Å². The van der Waals surface area contributed by atoms with Gasteiger partial charge in [0.25, 0.3) is 5.91 Å². The molecule has 1 saturated heterocycles. The van der Waals surface area contributed by atoms with Gasteiger partial charge in [0.15, 0.2) is 5.69 Å². The molecule has 0 spiro atoms. The zero-order valence-corrected chi connectivity index (χ0v) is 14.4. The second kappa shape index (κ2) is 7.77. The van der Waals surface area contributed by atoms with E-state index in [1.54, 1.807) is 16.8 Å². The Hall–Kier alpha value is -1.92. The summed E-state index contributed by atoms with van der Waals surface area (Å²) >= 11 is 5.94. The second-order valence-corrected chi connectivity index (χ2v) is 6.30. The third-order valence-corrected chi connectivity index (χ3v) is 4.30. The smallest absolute Gasteiger partial charge is 0.273 e. The SMILES string of the molecule is CCCc1c(C(=O)NCC2CCCO2)nnn1-c1ccc(Cl)cc1. The molecule has 1 aromatic carbocycles. The topological polar surface area (TPSA) is 69.0 Å². The van der Waals surface area contributed by atoms with E-state index >= 15 is 0 Å². The van der Waals surface area contributed by atoms with Gasteiger partial charge < -0.3 is 10.1 Å². The summed E-state index contributed by atoms with van der Waals surface area (Å²) in [6, 6.07) is 7.32. The van der Waals surface area contributed by atoms with Crippen LogP contribution in [-0.2, 0) is 11.2 Å². The standard InChI is InChI=1S/C17H21ClN4O2/c1-2-4-15-16(17(23)19-11-14-5-3-10-24-14)20-21-22(15)13-8-6-12(18)7-9-13/h6-9,14H,2-5,10-11H2,1H3,(H,19,23). The van der Waals surface area contributed by atoms with Gasteiger partial charge in [-0.2, -0.15) is 0 Å². The lowest BCUT2D eigenvalue weighted by atomic mass is 10.2. The first kappa shape index (κ1) is 16.9. The number of ether oxygens (including phenoxy) is 1. The van der Waals surface area contributed by atoms with Crippen LogP contribution in [0.3, 0.4) is 0 Å². The van der Waals surface area contributed by atoms with Gasteiger partial charge >= 0.3 is 0 Å². The lowest BCUT2D eigenvalue weighted by Crippen LogP contribution is -2.32. The first-order valence-corrected chi connectivity index (χ1v) is 8.67. The monoisotopic (exact) mass is 348 g/mol. The summed E-state index contributed by atoms with van der Waals surface area (Å²) in [4.78, 5) is 12.5. The maximum atomic E-state index is 12.5. The van der Waals surface area contributed by atoms with Crippen molar-refractivity contribution < 1.29 is 9.53 Å². The van der Waals surface area contributed by atoms with E-state index in [2.05, 4.69) is 22.6 Å². The van der Waals surface area contributed by atoms with Crippen molar-refractivity contribution in [2.45, 2.75) is 38.7 Å². The van der Waals surface area contributed by atoms with Crippen molar-refractivity contribution in [1.29, 1.82) is 0 Å². The second-order valence-electron chi connectivity index (χ2n) is 5.87. The first-order chi connectivity index (χ1) is 11.7. The van der Waals surface area contributed by atoms with E-state index in [4.69, 9.17) is 16.3 Å². The van der Waals surface area contributed by atoms with Crippen molar-refractivity contribution in [2.75, 3.05) is 13.2 Å². The molecule has 1 unspecified atom stereocenters. The van der Waals surface area contributed by atoms with E-state index in [0.29, 0.717) is 17.3 Å². The minimum Gasteiger partial charge on any atom is -0.376 e. The molecule has 1 fully saturated rings. The Balaban J connectivity index is 1.79. The molecule has 24 heavy (non-hydrogen) atoms. The average molecular weight is 349 g/mol. The number of amides is 1. The fourth-order valence-corrected chi connectivity index (χ4v) is 2.95. The summed E-state index contributed by atoms with van der Waals surface area (Å²) in [6.45, 7) is 3.35. The number of hydrogen-bond acceptors (Lipinski definition) is 4. The number of rotatable bonds is 6. The van der Waals surface area contributed by atoms with Crippen molar-refractivity contribution in [3.63, 3.8) is 0 Å². The number of halogens is 1. The van der Waals surface area contributed by atoms with Crippen molar-refractivity contribution in [2.24, 2.45) is 0 Å². The molecule has 3 rings (SSSR count). The van der Waals surface area contributed by atoms with Crippen LogP contribution >= 0.6 is 11.6 Å². The molecule has 6 nitrogen and oxygen atoms in total. The lowest BCUT2D eigenvalue weighted by molar-refractivity contribution is 0.0853.